The molecule has 1 heterocycles. The van der Waals surface area contributed by atoms with Crippen LogP contribution in [0.15, 0.2) is 4.99 Å². The van der Waals surface area contributed by atoms with Crippen LogP contribution in [0.3, 0.4) is 0 Å². The topological polar surface area (TPSA) is 46.1 Å². The quantitative estimate of drug-likeness (QED) is 0.435. The second-order valence-electron chi connectivity index (χ2n) is 5.93. The predicted octanol–water partition coefficient (Wildman–Crippen LogP) is 1.35. The van der Waals surface area contributed by atoms with Crippen LogP contribution in [0.1, 0.15) is 26.7 Å². The van der Waals surface area contributed by atoms with Crippen LogP contribution in [-0.2, 0) is 9.47 Å². The van der Waals surface area contributed by atoms with E-state index in [4.69, 9.17) is 9.47 Å². The van der Waals surface area contributed by atoms with Crippen LogP contribution in [0.2, 0.25) is 0 Å². The number of ether oxygens (including phenoxy) is 2. The Bertz CT molecular complexity index is 322. The maximum absolute atomic E-state index is 5.64. The van der Waals surface area contributed by atoms with E-state index in [2.05, 4.69) is 29.1 Å². The lowest BCUT2D eigenvalue weighted by atomic mass is 10.1. The Balaban J connectivity index is 1.73. The van der Waals surface area contributed by atoms with E-state index in [0.29, 0.717) is 25.2 Å². The van der Waals surface area contributed by atoms with Gasteiger partial charge in [-0.25, -0.2) is 0 Å². The number of nitrogens with one attached hydrogen (secondary N) is 1. The van der Waals surface area contributed by atoms with Gasteiger partial charge in [-0.1, -0.05) is 6.92 Å². The molecule has 5 nitrogen and oxygen atoms in total. The Labute approximate surface area is 122 Å². The van der Waals surface area contributed by atoms with Gasteiger partial charge in [0.15, 0.2) is 5.96 Å². The average Bonchev–Trinajstić information content (AvgIpc) is 2.94. The third-order valence-corrected chi connectivity index (χ3v) is 4.10. The average molecular weight is 283 g/mol. The first-order valence-corrected chi connectivity index (χ1v) is 7.87. The number of hydrogen-bond donors (Lipinski definition) is 1. The zero-order valence-electron chi connectivity index (χ0n) is 13.1. The second kappa shape index (κ2) is 7.84. The van der Waals surface area contributed by atoms with Gasteiger partial charge in [-0.15, -0.1) is 0 Å². The zero-order valence-corrected chi connectivity index (χ0v) is 13.1. The Morgan fingerprint density at radius 3 is 2.85 bits per heavy atom. The monoisotopic (exact) mass is 283 g/mol. The number of nitrogens with zero attached hydrogens (tertiary/aromatic N) is 2. The fourth-order valence-electron chi connectivity index (χ4n) is 2.63. The number of guanidine groups is 1. The molecular weight excluding hydrogens is 254 g/mol. The molecule has 3 unspecified atom stereocenters. The van der Waals surface area contributed by atoms with Crippen molar-refractivity contribution in [2.45, 2.75) is 32.7 Å². The Morgan fingerprint density at radius 2 is 2.20 bits per heavy atom. The first-order valence-electron chi connectivity index (χ1n) is 7.87. The summed E-state index contributed by atoms with van der Waals surface area (Å²) >= 11 is 0. The Hall–Kier alpha value is -0.810. The Morgan fingerprint density at radius 1 is 1.40 bits per heavy atom. The van der Waals surface area contributed by atoms with E-state index in [1.54, 1.807) is 7.11 Å². The molecule has 1 saturated heterocycles. The summed E-state index contributed by atoms with van der Waals surface area (Å²) in [6.45, 7) is 9.58. The molecular formula is C15H29N3O2. The summed E-state index contributed by atoms with van der Waals surface area (Å²) in [6.07, 6.45) is 2.47. The van der Waals surface area contributed by atoms with E-state index in [0.717, 1.165) is 38.1 Å². The molecule has 2 rings (SSSR count). The minimum atomic E-state index is 0.618. The molecule has 3 atom stereocenters. The molecule has 1 aliphatic carbocycles. The molecule has 1 saturated carbocycles. The zero-order chi connectivity index (χ0) is 14.4. The van der Waals surface area contributed by atoms with Crippen LogP contribution < -0.4 is 5.32 Å². The summed E-state index contributed by atoms with van der Waals surface area (Å²) < 4.78 is 10.6. The SMILES string of the molecule is CCN=C(NC1CC1C)N1CCC(COCCOC)C1. The molecule has 0 aromatic carbocycles. The summed E-state index contributed by atoms with van der Waals surface area (Å²) in [5.41, 5.74) is 0. The van der Waals surface area contributed by atoms with Gasteiger partial charge in [0, 0.05) is 38.7 Å². The third kappa shape index (κ3) is 4.63. The normalized spacial score (nSPS) is 29.9. The van der Waals surface area contributed by atoms with Crippen molar-refractivity contribution in [1.82, 2.24) is 10.2 Å². The molecule has 0 aromatic heterocycles. The van der Waals surface area contributed by atoms with E-state index >= 15 is 0 Å². The van der Waals surface area contributed by atoms with Crippen LogP contribution in [0.5, 0.6) is 0 Å². The van der Waals surface area contributed by atoms with Gasteiger partial charge in [-0.3, -0.25) is 4.99 Å². The first-order chi connectivity index (χ1) is 9.74. The van der Waals surface area contributed by atoms with Gasteiger partial charge < -0.3 is 19.7 Å². The highest BCUT2D eigenvalue weighted by atomic mass is 16.5. The second-order valence-corrected chi connectivity index (χ2v) is 5.93. The highest BCUT2D eigenvalue weighted by molar-refractivity contribution is 5.81. The van der Waals surface area contributed by atoms with Crippen molar-refractivity contribution in [1.29, 1.82) is 0 Å². The molecule has 0 radical (unpaired) electrons. The largest absolute Gasteiger partial charge is 0.382 e. The molecule has 1 aliphatic heterocycles. The van der Waals surface area contributed by atoms with Gasteiger partial charge >= 0.3 is 0 Å². The van der Waals surface area contributed by atoms with Crippen molar-refractivity contribution in [2.24, 2.45) is 16.8 Å². The van der Waals surface area contributed by atoms with Crippen LogP contribution >= 0.6 is 0 Å². The highest BCUT2D eigenvalue weighted by Gasteiger charge is 2.35. The van der Waals surface area contributed by atoms with Gasteiger partial charge in [0.05, 0.1) is 19.8 Å². The van der Waals surface area contributed by atoms with E-state index in [9.17, 15) is 0 Å². The van der Waals surface area contributed by atoms with Gasteiger partial charge in [0.25, 0.3) is 0 Å². The van der Waals surface area contributed by atoms with Gasteiger partial charge in [-0.2, -0.15) is 0 Å². The molecule has 0 spiro atoms. The fraction of sp³-hybridized carbons (Fsp3) is 0.933. The van der Waals surface area contributed by atoms with E-state index < -0.39 is 0 Å². The van der Waals surface area contributed by atoms with Crippen LogP contribution in [0.4, 0.5) is 0 Å². The molecule has 1 N–H and O–H groups in total. The van der Waals surface area contributed by atoms with Gasteiger partial charge in [-0.05, 0) is 25.7 Å². The van der Waals surface area contributed by atoms with Gasteiger partial charge in [0.1, 0.15) is 0 Å². The lowest BCUT2D eigenvalue weighted by molar-refractivity contribution is 0.0536. The van der Waals surface area contributed by atoms with Crippen molar-refractivity contribution < 1.29 is 9.47 Å². The minimum absolute atomic E-state index is 0.618. The number of rotatable bonds is 7. The smallest absolute Gasteiger partial charge is 0.194 e. The molecule has 20 heavy (non-hydrogen) atoms. The summed E-state index contributed by atoms with van der Waals surface area (Å²) in [7, 11) is 1.71. The molecule has 0 amide bonds. The van der Waals surface area contributed by atoms with Crippen LogP contribution in [-0.4, -0.2) is 63.5 Å². The van der Waals surface area contributed by atoms with Crippen molar-refractivity contribution >= 4 is 5.96 Å². The highest BCUT2D eigenvalue weighted by Crippen LogP contribution is 2.29. The molecule has 2 fully saturated rings. The first kappa shape index (κ1) is 15.6. The maximum Gasteiger partial charge on any atom is 0.194 e. The van der Waals surface area contributed by atoms with Crippen molar-refractivity contribution in [3.63, 3.8) is 0 Å². The summed E-state index contributed by atoms with van der Waals surface area (Å²) in [6, 6.07) is 0.636. The molecule has 0 aromatic rings. The number of likely N-dealkylation sites (tertiary alicyclic amines) is 1. The third-order valence-electron chi connectivity index (χ3n) is 4.10. The van der Waals surface area contributed by atoms with E-state index in [-0.39, 0.29) is 0 Å². The lowest BCUT2D eigenvalue weighted by Gasteiger charge is -2.22. The molecule has 116 valence electrons. The standard InChI is InChI=1S/C15H29N3O2/c1-4-16-15(17-14-9-12(14)2)18-6-5-13(10-18)11-20-8-7-19-3/h12-14H,4-11H2,1-3H3,(H,16,17). The number of hydrogen-bond acceptors (Lipinski definition) is 3. The predicted molar refractivity (Wildman–Crippen MR) is 81.1 cm³/mol. The molecule has 5 heteroatoms. The Kier molecular flexibility index (Phi) is 6.10. The van der Waals surface area contributed by atoms with Crippen molar-refractivity contribution in [2.75, 3.05) is 46.6 Å². The van der Waals surface area contributed by atoms with Gasteiger partial charge in [0.2, 0.25) is 0 Å². The van der Waals surface area contributed by atoms with E-state index in [1.807, 2.05) is 0 Å². The van der Waals surface area contributed by atoms with Crippen molar-refractivity contribution in [3.8, 4) is 0 Å². The maximum atomic E-state index is 5.64. The fourth-order valence-corrected chi connectivity index (χ4v) is 2.63. The number of methoxy groups -OCH3 is 1. The van der Waals surface area contributed by atoms with Crippen LogP contribution in [0, 0.1) is 11.8 Å². The van der Waals surface area contributed by atoms with Crippen LogP contribution in [0.25, 0.3) is 0 Å². The summed E-state index contributed by atoms with van der Waals surface area (Å²) in [4.78, 5) is 7.02. The lowest BCUT2D eigenvalue weighted by Crippen LogP contribution is -2.42. The molecule has 0 bridgehead atoms. The summed E-state index contributed by atoms with van der Waals surface area (Å²) in [5, 5.41) is 3.60. The summed E-state index contributed by atoms with van der Waals surface area (Å²) in [5.74, 6) is 2.52. The number of aliphatic imine (C=N–C) groups is 1. The minimum Gasteiger partial charge on any atom is -0.382 e. The molecule has 2 aliphatic rings. The van der Waals surface area contributed by atoms with E-state index in [1.165, 1.54) is 12.8 Å². The van der Waals surface area contributed by atoms with Crippen molar-refractivity contribution in [3.05, 3.63) is 0 Å².